The second-order valence-corrected chi connectivity index (χ2v) is 12.3. The average molecular weight is 657 g/mol. The summed E-state index contributed by atoms with van der Waals surface area (Å²) < 4.78 is 30.3. The topological polar surface area (TPSA) is 182 Å². The summed E-state index contributed by atoms with van der Waals surface area (Å²) in [7, 11) is 3.34. The van der Waals surface area contributed by atoms with E-state index in [1.165, 1.54) is 13.4 Å². The van der Waals surface area contributed by atoms with Crippen molar-refractivity contribution in [2.45, 2.75) is 64.6 Å². The highest BCUT2D eigenvalue weighted by Crippen LogP contribution is 2.44. The van der Waals surface area contributed by atoms with Gasteiger partial charge >= 0.3 is 17.9 Å². The number of nitrogens with zero attached hydrogens (tertiary/aromatic N) is 7. The Bertz CT molecular complexity index is 1480. The normalized spacial score (nSPS) is 24.2. The van der Waals surface area contributed by atoms with Crippen LogP contribution in [0.25, 0.3) is 5.52 Å². The zero-order chi connectivity index (χ0) is 34.3. The van der Waals surface area contributed by atoms with E-state index in [2.05, 4.69) is 43.3 Å². The van der Waals surface area contributed by atoms with Crippen molar-refractivity contribution in [2.24, 2.45) is 16.8 Å². The Morgan fingerprint density at radius 1 is 1.11 bits per heavy atom. The molecule has 256 valence electrons. The van der Waals surface area contributed by atoms with Crippen molar-refractivity contribution in [3.05, 3.63) is 24.2 Å². The molecule has 1 N–H and O–H groups in total. The molecule has 47 heavy (non-hydrogen) atoms. The summed E-state index contributed by atoms with van der Waals surface area (Å²) >= 11 is 0. The fraction of sp³-hybridized carbons (Fsp3) is 0.645. The highest BCUT2D eigenvalue weighted by molar-refractivity contribution is 5.75. The quantitative estimate of drug-likeness (QED) is 0.0811. The minimum atomic E-state index is -1.91. The molecule has 2 aliphatic heterocycles. The highest BCUT2D eigenvalue weighted by atomic mass is 16.7. The number of carbonyl (C=O) groups excluding carboxylic acids is 3. The number of methoxy groups -OCH3 is 1. The summed E-state index contributed by atoms with van der Waals surface area (Å²) in [5.41, 5.74) is -0.944. The molecule has 2 fully saturated rings. The summed E-state index contributed by atoms with van der Waals surface area (Å²) in [4.78, 5) is 51.2. The lowest BCUT2D eigenvalue weighted by atomic mass is 9.95. The van der Waals surface area contributed by atoms with Crippen LogP contribution in [0.2, 0.25) is 0 Å². The van der Waals surface area contributed by atoms with E-state index in [0.29, 0.717) is 17.0 Å². The Hall–Kier alpha value is -4.17. The third-order valence-corrected chi connectivity index (χ3v) is 8.02. The van der Waals surface area contributed by atoms with Crippen molar-refractivity contribution in [3.63, 3.8) is 0 Å². The number of aliphatic imine (C=N–C) groups is 1. The number of aromatic nitrogens is 3. The number of hydrogen-bond acceptors (Lipinski definition) is 14. The molecule has 5 atom stereocenters. The van der Waals surface area contributed by atoms with Crippen LogP contribution in [-0.4, -0.2) is 126 Å². The van der Waals surface area contributed by atoms with Crippen molar-refractivity contribution in [1.29, 1.82) is 5.26 Å². The molecule has 0 amide bonds. The van der Waals surface area contributed by atoms with Gasteiger partial charge in [0.1, 0.15) is 30.1 Å². The molecule has 0 spiro atoms. The lowest BCUT2D eigenvalue weighted by Crippen LogP contribution is -2.50. The lowest BCUT2D eigenvalue weighted by molar-refractivity contribution is -0.174. The minimum absolute atomic E-state index is 0.162. The first-order chi connectivity index (χ1) is 22.4. The summed E-state index contributed by atoms with van der Waals surface area (Å²) in [6, 6.07) is 4.91. The number of piperazine rings is 1. The van der Waals surface area contributed by atoms with E-state index in [1.54, 1.807) is 57.6 Å². The van der Waals surface area contributed by atoms with E-state index in [9.17, 15) is 19.6 Å². The molecule has 2 aromatic rings. The van der Waals surface area contributed by atoms with Crippen molar-refractivity contribution in [1.82, 2.24) is 29.7 Å². The molecule has 16 heteroatoms. The molecular weight excluding hydrogens is 612 g/mol. The van der Waals surface area contributed by atoms with E-state index >= 15 is 0 Å². The average Bonchev–Trinajstić information content (AvgIpc) is 3.61. The second kappa shape index (κ2) is 15.6. The standard InChI is InChI=1S/C31H44N8O8/c1-19(2)28(40)45-25-24(22-8-9-23-27(33-16-36-39(22)23)34-17-38-12-10-37(6)11-13-38)47-31(14-32,26(25)46-29(41)20(3)4)15-44-18-35-21(5)30(42)43-7/h8-9,16-17,19-21,24-26,35H,10-13,15,18H2,1-7H3/b34-17+/t21-,24-,25-,26-,31+/m0/s1. The van der Waals surface area contributed by atoms with Crippen molar-refractivity contribution in [2.75, 3.05) is 53.7 Å². The molecule has 2 aliphatic rings. The maximum atomic E-state index is 13.0. The first kappa shape index (κ1) is 35.7. The third-order valence-electron chi connectivity index (χ3n) is 8.02. The molecule has 4 heterocycles. The SMILES string of the molecule is COC(=O)[C@H](C)NCOC[C@@]1(C#N)O[C@@H](c2ccc3c(/N=C/N4CCN(C)CC4)ncnn23)[C@H](OC(=O)C(C)C)[C@@H]1OC(=O)C(C)C. The van der Waals surface area contributed by atoms with E-state index in [1.807, 2.05) is 0 Å². The van der Waals surface area contributed by atoms with Crippen LogP contribution in [0.15, 0.2) is 23.5 Å². The van der Waals surface area contributed by atoms with Gasteiger partial charge in [-0.15, -0.1) is 0 Å². The molecule has 0 aliphatic carbocycles. The van der Waals surface area contributed by atoms with Crippen LogP contribution in [-0.2, 0) is 38.1 Å². The zero-order valence-corrected chi connectivity index (χ0v) is 27.9. The smallest absolute Gasteiger partial charge is 0.322 e. The van der Waals surface area contributed by atoms with Gasteiger partial charge < -0.3 is 33.5 Å². The van der Waals surface area contributed by atoms with E-state index in [-0.39, 0.29) is 6.73 Å². The van der Waals surface area contributed by atoms with E-state index in [4.69, 9.17) is 23.7 Å². The van der Waals surface area contributed by atoms with Gasteiger partial charge in [0.15, 0.2) is 18.0 Å². The Kier molecular flexibility index (Phi) is 11.9. The summed E-state index contributed by atoms with van der Waals surface area (Å²) in [5, 5.41) is 17.8. The first-order valence-corrected chi connectivity index (χ1v) is 15.6. The number of likely N-dealkylation sites (N-methyl/N-ethyl adjacent to an activating group) is 1. The molecule has 0 aromatic carbocycles. The number of fused-ring (bicyclic) bond motifs is 1. The highest BCUT2D eigenvalue weighted by Gasteiger charge is 2.61. The van der Waals surface area contributed by atoms with Gasteiger partial charge in [-0.25, -0.2) is 14.5 Å². The van der Waals surface area contributed by atoms with Crippen molar-refractivity contribution < 1.29 is 38.1 Å². The van der Waals surface area contributed by atoms with Gasteiger partial charge in [-0.3, -0.25) is 19.7 Å². The van der Waals surface area contributed by atoms with Crippen LogP contribution in [0, 0.1) is 23.2 Å². The fourth-order valence-electron chi connectivity index (χ4n) is 5.05. The Labute approximate surface area is 273 Å². The van der Waals surface area contributed by atoms with Crippen LogP contribution in [0.3, 0.4) is 0 Å². The van der Waals surface area contributed by atoms with Crippen LogP contribution in [0.1, 0.15) is 46.4 Å². The monoisotopic (exact) mass is 656 g/mol. The van der Waals surface area contributed by atoms with Crippen molar-refractivity contribution >= 4 is 35.6 Å². The first-order valence-electron chi connectivity index (χ1n) is 15.6. The Balaban J connectivity index is 1.70. The summed E-state index contributed by atoms with van der Waals surface area (Å²) in [6.07, 6.45) is -0.629. The maximum absolute atomic E-state index is 13.0. The van der Waals surface area contributed by atoms with Gasteiger partial charge in [-0.1, -0.05) is 27.7 Å². The molecule has 0 bridgehead atoms. The second-order valence-electron chi connectivity index (χ2n) is 12.3. The fourth-order valence-corrected chi connectivity index (χ4v) is 5.05. The van der Waals surface area contributed by atoms with Crippen molar-refractivity contribution in [3.8, 4) is 6.07 Å². The van der Waals surface area contributed by atoms with Gasteiger partial charge in [-0.2, -0.15) is 10.4 Å². The molecule has 16 nitrogen and oxygen atoms in total. The van der Waals surface area contributed by atoms with Crippen LogP contribution >= 0.6 is 0 Å². The molecule has 4 rings (SSSR count). The zero-order valence-electron chi connectivity index (χ0n) is 27.9. The summed E-state index contributed by atoms with van der Waals surface area (Å²) in [5.74, 6) is -2.38. The van der Waals surface area contributed by atoms with Crippen LogP contribution in [0.5, 0.6) is 0 Å². The lowest BCUT2D eigenvalue weighted by Gasteiger charge is -2.30. The largest absolute Gasteiger partial charge is 0.468 e. The minimum Gasteiger partial charge on any atom is -0.468 e. The Morgan fingerprint density at radius 2 is 1.79 bits per heavy atom. The third kappa shape index (κ3) is 8.22. The van der Waals surface area contributed by atoms with Gasteiger partial charge in [0.25, 0.3) is 0 Å². The van der Waals surface area contributed by atoms with Gasteiger partial charge in [0.05, 0.1) is 44.3 Å². The number of rotatable bonds is 13. The van der Waals surface area contributed by atoms with Crippen LogP contribution < -0.4 is 5.32 Å². The summed E-state index contributed by atoms with van der Waals surface area (Å²) in [6.45, 7) is 11.2. The number of ether oxygens (including phenoxy) is 5. The maximum Gasteiger partial charge on any atom is 0.322 e. The molecule has 0 saturated carbocycles. The molecule has 0 unspecified atom stereocenters. The molecular formula is C31H44N8O8. The number of esters is 3. The molecule has 2 aromatic heterocycles. The number of nitrogens with one attached hydrogen (secondary N) is 1. The van der Waals surface area contributed by atoms with Gasteiger partial charge in [0.2, 0.25) is 5.60 Å². The molecule has 2 saturated heterocycles. The number of carbonyl (C=O) groups is 3. The van der Waals surface area contributed by atoms with E-state index < -0.39 is 66.3 Å². The van der Waals surface area contributed by atoms with Gasteiger partial charge in [-0.05, 0) is 26.1 Å². The predicted molar refractivity (Wildman–Crippen MR) is 167 cm³/mol. The van der Waals surface area contributed by atoms with E-state index in [0.717, 1.165) is 26.2 Å². The van der Waals surface area contributed by atoms with Gasteiger partial charge in [0, 0.05) is 26.2 Å². The molecule has 0 radical (unpaired) electrons. The Morgan fingerprint density at radius 3 is 2.43 bits per heavy atom. The predicted octanol–water partition coefficient (Wildman–Crippen LogP) is 1.23. The number of hydrogen-bond donors (Lipinski definition) is 1. The number of nitriles is 1. The van der Waals surface area contributed by atoms with Crippen LogP contribution in [0.4, 0.5) is 5.82 Å².